The lowest BCUT2D eigenvalue weighted by Crippen LogP contribution is -2.33. The van der Waals surface area contributed by atoms with E-state index in [2.05, 4.69) is 35.5 Å². The van der Waals surface area contributed by atoms with Crippen LogP contribution in [0, 0.1) is 0 Å². The second-order valence-electron chi connectivity index (χ2n) is 6.00. The molecule has 0 amide bonds. The summed E-state index contributed by atoms with van der Waals surface area (Å²) in [6.45, 7) is 7.78. The maximum atomic E-state index is 6.45. The van der Waals surface area contributed by atoms with Crippen LogP contribution in [0.2, 0.25) is 0 Å². The molecule has 1 N–H and O–H groups in total. The van der Waals surface area contributed by atoms with Crippen LogP contribution in [-0.2, 0) is 20.0 Å². The molecule has 122 valence electrons. The number of nitrogens with zero attached hydrogens (tertiary/aromatic N) is 3. The number of likely N-dealkylation sites (N-methyl/N-ethyl adjacent to an activating group) is 1. The number of halogens is 2. The van der Waals surface area contributed by atoms with Gasteiger partial charge >= 0.3 is 0 Å². The van der Waals surface area contributed by atoms with Crippen LogP contribution in [0.4, 0.5) is 0 Å². The van der Waals surface area contributed by atoms with Crippen LogP contribution >= 0.6 is 23.2 Å². The Kier molecular flexibility index (Phi) is 4.41. The number of aryl methyl sites for hydroxylation is 1. The molecular weight excluding hydrogens is 331 g/mol. The zero-order valence-electron chi connectivity index (χ0n) is 13.6. The van der Waals surface area contributed by atoms with Gasteiger partial charge in [0.2, 0.25) is 0 Å². The van der Waals surface area contributed by atoms with Crippen molar-refractivity contribution in [1.82, 2.24) is 19.7 Å². The monoisotopic (exact) mass is 350 g/mol. The molecule has 0 unspecified atom stereocenters. The fourth-order valence-corrected chi connectivity index (χ4v) is 3.45. The summed E-state index contributed by atoms with van der Waals surface area (Å²) in [5.41, 5.74) is 4.70. The van der Waals surface area contributed by atoms with Gasteiger partial charge in [-0.25, -0.2) is 0 Å². The minimum Gasteiger partial charge on any atom is -0.357 e. The molecule has 1 aliphatic rings. The number of hydrogen-bond donors (Lipinski definition) is 1. The molecular formula is C17H20Cl2N4. The van der Waals surface area contributed by atoms with E-state index in [1.165, 1.54) is 11.3 Å². The Hall–Kier alpha value is -1.49. The summed E-state index contributed by atoms with van der Waals surface area (Å²) in [7, 11) is 4.07. The molecule has 2 aromatic rings. The number of rotatable bonds is 2. The van der Waals surface area contributed by atoms with Crippen molar-refractivity contribution in [2.45, 2.75) is 19.9 Å². The van der Waals surface area contributed by atoms with E-state index in [1.54, 1.807) is 6.20 Å². The van der Waals surface area contributed by atoms with Crippen molar-refractivity contribution in [1.29, 1.82) is 0 Å². The maximum absolute atomic E-state index is 6.45. The number of nitrogens with one attached hydrogen (secondary N) is 1. The second-order valence-corrected chi connectivity index (χ2v) is 6.84. The van der Waals surface area contributed by atoms with Gasteiger partial charge in [0, 0.05) is 43.7 Å². The summed E-state index contributed by atoms with van der Waals surface area (Å²) in [4.78, 5) is 5.78. The predicted octanol–water partition coefficient (Wildman–Crippen LogP) is 2.05. The van der Waals surface area contributed by atoms with Crippen LogP contribution in [0.25, 0.3) is 10.6 Å². The molecule has 2 aromatic heterocycles. The van der Waals surface area contributed by atoms with Gasteiger partial charge in [-0.3, -0.25) is 4.68 Å². The number of hydrogen-bond acceptors (Lipinski definition) is 2. The first-order valence-electron chi connectivity index (χ1n) is 7.52. The summed E-state index contributed by atoms with van der Waals surface area (Å²) in [6, 6.07) is 2.01. The van der Waals surface area contributed by atoms with Gasteiger partial charge in [0.05, 0.1) is 21.1 Å². The Morgan fingerprint density at radius 2 is 2.09 bits per heavy atom. The molecule has 6 heteroatoms. The highest BCUT2D eigenvalue weighted by Gasteiger charge is 2.20. The zero-order chi connectivity index (χ0) is 16.7. The van der Waals surface area contributed by atoms with Gasteiger partial charge in [0.15, 0.2) is 0 Å². The fourth-order valence-electron chi connectivity index (χ4n) is 3.21. The zero-order valence-corrected chi connectivity index (χ0v) is 15.1. The number of H-pyrrole nitrogens is 1. The van der Waals surface area contributed by atoms with Gasteiger partial charge in [0.25, 0.3) is 0 Å². The van der Waals surface area contributed by atoms with E-state index >= 15 is 0 Å². The van der Waals surface area contributed by atoms with Gasteiger partial charge in [-0.05, 0) is 31.2 Å². The lowest BCUT2D eigenvalue weighted by Gasteiger charge is -2.22. The molecule has 0 radical (unpaired) electrons. The highest BCUT2D eigenvalue weighted by molar-refractivity contribution is 6.56. The summed E-state index contributed by atoms with van der Waals surface area (Å²) in [5.74, 6) is 0. The quantitative estimate of drug-likeness (QED) is 0.899. The summed E-state index contributed by atoms with van der Waals surface area (Å²) < 4.78 is 1.87. The van der Waals surface area contributed by atoms with E-state index in [9.17, 15) is 0 Å². The van der Waals surface area contributed by atoms with Crippen LogP contribution in [0.3, 0.4) is 0 Å². The Morgan fingerprint density at radius 1 is 1.35 bits per heavy atom. The molecule has 0 saturated heterocycles. The van der Waals surface area contributed by atoms with E-state index in [1.807, 2.05) is 17.8 Å². The molecule has 3 rings (SSSR count). The third-order valence-corrected chi connectivity index (χ3v) is 5.10. The van der Waals surface area contributed by atoms with E-state index < -0.39 is 0 Å². The number of allylic oxidation sites excluding steroid dienone is 1. The van der Waals surface area contributed by atoms with Crippen molar-refractivity contribution in [3.8, 4) is 0 Å². The van der Waals surface area contributed by atoms with Crippen molar-refractivity contribution >= 4 is 33.8 Å². The fraction of sp³-hybridized carbons (Fsp3) is 0.353. The molecule has 0 spiro atoms. The topological polar surface area (TPSA) is 36.9 Å². The highest BCUT2D eigenvalue weighted by Crippen LogP contribution is 2.19. The van der Waals surface area contributed by atoms with Crippen molar-refractivity contribution in [3.05, 3.63) is 51.4 Å². The Labute approximate surface area is 145 Å². The molecule has 0 aliphatic carbocycles. The summed E-state index contributed by atoms with van der Waals surface area (Å²) in [5, 5.41) is 7.06. The van der Waals surface area contributed by atoms with Crippen LogP contribution in [0.5, 0.6) is 0 Å². The Morgan fingerprint density at radius 3 is 2.70 bits per heavy atom. The molecule has 3 heterocycles. The van der Waals surface area contributed by atoms with Crippen LogP contribution in [0.15, 0.2) is 23.9 Å². The number of aromatic amines is 1. The molecule has 0 aromatic carbocycles. The van der Waals surface area contributed by atoms with Crippen LogP contribution < -0.4 is 10.6 Å². The first kappa shape index (κ1) is 16.4. The molecule has 0 saturated carbocycles. The lowest BCUT2D eigenvalue weighted by atomic mass is 10.0. The largest absolute Gasteiger partial charge is 0.357 e. The van der Waals surface area contributed by atoms with Crippen LogP contribution in [-0.4, -0.2) is 33.3 Å². The SMILES string of the molecule is C=C(Cl)/C(Cl)=c1/[nH]c2c(/c1=C(/C)c1ccnn1C)CN(C)CC2. The normalized spacial score (nSPS) is 17.8. The third-order valence-electron chi connectivity index (χ3n) is 4.40. The number of aromatic nitrogens is 3. The average molecular weight is 351 g/mol. The van der Waals surface area contributed by atoms with Gasteiger partial charge < -0.3 is 9.88 Å². The first-order chi connectivity index (χ1) is 10.9. The van der Waals surface area contributed by atoms with Gasteiger partial charge in [-0.1, -0.05) is 29.8 Å². The van der Waals surface area contributed by atoms with Crippen molar-refractivity contribution in [2.75, 3.05) is 13.6 Å². The van der Waals surface area contributed by atoms with E-state index in [0.29, 0.717) is 10.1 Å². The molecule has 23 heavy (non-hydrogen) atoms. The molecule has 0 bridgehead atoms. The molecule has 4 nitrogen and oxygen atoms in total. The van der Waals surface area contributed by atoms with Crippen molar-refractivity contribution < 1.29 is 0 Å². The Balaban J connectivity index is 2.44. The van der Waals surface area contributed by atoms with Gasteiger partial charge in [0.1, 0.15) is 0 Å². The minimum atomic E-state index is 0.345. The standard InChI is InChI=1S/C17H20Cl2N4/c1-10(14-5-7-20-23(14)4)15-12-9-22(3)8-6-13(12)21-17(15)16(19)11(2)18/h5,7,21H,2,6,8-9H2,1,3-4H3/b15-10+,17-16-. The van der Waals surface area contributed by atoms with E-state index in [4.69, 9.17) is 23.2 Å². The minimum absolute atomic E-state index is 0.345. The van der Waals surface area contributed by atoms with E-state index in [-0.39, 0.29) is 0 Å². The smallest absolute Gasteiger partial charge is 0.0827 e. The summed E-state index contributed by atoms with van der Waals surface area (Å²) >= 11 is 12.5. The van der Waals surface area contributed by atoms with Crippen molar-refractivity contribution in [3.63, 3.8) is 0 Å². The maximum Gasteiger partial charge on any atom is 0.0827 e. The van der Waals surface area contributed by atoms with E-state index in [0.717, 1.165) is 41.3 Å². The average Bonchev–Trinajstić information content (AvgIpc) is 3.08. The van der Waals surface area contributed by atoms with Gasteiger partial charge in [-0.2, -0.15) is 5.10 Å². The molecule has 1 aliphatic heterocycles. The van der Waals surface area contributed by atoms with Crippen LogP contribution in [0.1, 0.15) is 23.9 Å². The highest BCUT2D eigenvalue weighted by atomic mass is 35.5. The first-order valence-corrected chi connectivity index (χ1v) is 8.28. The lowest BCUT2D eigenvalue weighted by molar-refractivity contribution is 0.311. The molecule has 0 atom stereocenters. The predicted molar refractivity (Wildman–Crippen MR) is 95.7 cm³/mol. The number of fused-ring (bicyclic) bond motifs is 1. The Bertz CT molecular complexity index is 888. The molecule has 0 fully saturated rings. The second kappa shape index (κ2) is 6.19. The van der Waals surface area contributed by atoms with Crippen molar-refractivity contribution in [2.24, 2.45) is 7.05 Å². The van der Waals surface area contributed by atoms with Gasteiger partial charge in [-0.15, -0.1) is 0 Å². The summed E-state index contributed by atoms with van der Waals surface area (Å²) in [6.07, 6.45) is 2.77. The third kappa shape index (κ3) is 2.87.